The van der Waals surface area contributed by atoms with Crippen LogP contribution < -0.4 is 48.9 Å². The van der Waals surface area contributed by atoms with E-state index < -0.39 is 13.6 Å². The normalized spacial score (nSPS) is 11.2. The van der Waals surface area contributed by atoms with Crippen LogP contribution in [0.1, 0.15) is 44.5 Å². The van der Waals surface area contributed by atoms with E-state index in [1.165, 1.54) is 0 Å². The van der Waals surface area contributed by atoms with Crippen molar-refractivity contribution in [1.29, 1.82) is 0 Å². The first-order valence-corrected chi connectivity index (χ1v) is 36.3. The molecular formula is C79H87N16O11P. The highest BCUT2D eigenvalue weighted by molar-refractivity contribution is 7.53. The van der Waals surface area contributed by atoms with Gasteiger partial charge in [-0.25, -0.2) is 15.0 Å². The number of rotatable bonds is 30. The summed E-state index contributed by atoms with van der Waals surface area (Å²) in [6.07, 6.45) is 18.3. The van der Waals surface area contributed by atoms with Crippen LogP contribution in [0.5, 0.6) is 34.5 Å². The van der Waals surface area contributed by atoms with Crippen molar-refractivity contribution in [2.75, 3.05) is 89.8 Å². The molecule has 6 aromatic carbocycles. The third kappa shape index (κ3) is 19.5. The molecule has 0 saturated heterocycles. The number of unbranched alkanes of at least 4 members (excludes halogenated alkanes) is 1. The summed E-state index contributed by atoms with van der Waals surface area (Å²) in [6.45, 7) is 6.07. The van der Waals surface area contributed by atoms with Crippen LogP contribution in [0.25, 0.3) is 66.9 Å². The molecule has 554 valence electrons. The fourth-order valence-corrected chi connectivity index (χ4v) is 13.5. The van der Waals surface area contributed by atoms with E-state index in [1.54, 1.807) is 103 Å². The quantitative estimate of drug-likeness (QED) is 0.0312. The van der Waals surface area contributed by atoms with Crippen molar-refractivity contribution >= 4 is 80.8 Å². The Balaban J connectivity index is 0.000000160. The monoisotopic (exact) mass is 1470 g/mol. The summed E-state index contributed by atoms with van der Waals surface area (Å²) in [5.74, 6) is 3.22. The Hall–Kier alpha value is -12.0. The number of anilines is 6. The lowest BCUT2D eigenvalue weighted by Gasteiger charge is -2.28. The lowest BCUT2D eigenvalue weighted by molar-refractivity contribution is -0.137. The molecule has 0 aliphatic rings. The number of nitrogens with two attached hydrogens (primary N) is 1. The number of pyridine rings is 1. The van der Waals surface area contributed by atoms with E-state index in [2.05, 4.69) is 34.9 Å². The van der Waals surface area contributed by atoms with Crippen LogP contribution in [0.2, 0.25) is 0 Å². The van der Waals surface area contributed by atoms with Gasteiger partial charge in [0.15, 0.2) is 0 Å². The number of methoxy groups -OCH3 is 6. The van der Waals surface area contributed by atoms with Gasteiger partial charge < -0.3 is 67.6 Å². The van der Waals surface area contributed by atoms with Crippen molar-refractivity contribution in [3.8, 4) is 68.3 Å². The van der Waals surface area contributed by atoms with Gasteiger partial charge in [0.05, 0.1) is 161 Å². The third-order valence-electron chi connectivity index (χ3n) is 17.3. The van der Waals surface area contributed by atoms with Crippen LogP contribution in [0.15, 0.2) is 189 Å². The molecule has 0 saturated carbocycles. The summed E-state index contributed by atoms with van der Waals surface area (Å²) in [5, 5.41) is 17.5. The number of aryl methyl sites for hydroxylation is 3. The topological polar surface area (TPSA) is 295 Å². The average molecular weight is 1470 g/mol. The highest BCUT2D eigenvalue weighted by Crippen LogP contribution is 2.49. The molecular weight excluding hydrogens is 1380 g/mol. The van der Waals surface area contributed by atoms with E-state index in [-0.39, 0.29) is 12.6 Å². The van der Waals surface area contributed by atoms with Crippen LogP contribution in [-0.2, 0) is 52.6 Å². The van der Waals surface area contributed by atoms with E-state index in [1.807, 2.05) is 183 Å². The Bertz CT molecular complexity index is 5170. The molecule has 0 bridgehead atoms. The number of aliphatic carboxylic acids is 1. The maximum atomic E-state index is 13.3. The fraction of sp³-hybridized carbons (Fsp3) is 0.266. The molecule has 7 heterocycles. The largest absolute Gasteiger partial charge is 0.497 e. The highest BCUT2D eigenvalue weighted by atomic mass is 31.2. The molecule has 0 amide bonds. The first kappa shape index (κ1) is 76.1. The molecule has 0 aliphatic carbocycles. The van der Waals surface area contributed by atoms with E-state index in [0.717, 1.165) is 112 Å². The summed E-state index contributed by atoms with van der Waals surface area (Å²) in [5.41, 5.74) is 22.6. The van der Waals surface area contributed by atoms with Gasteiger partial charge in [-0.2, -0.15) is 10.2 Å². The zero-order valence-electron chi connectivity index (χ0n) is 61.7. The van der Waals surface area contributed by atoms with Gasteiger partial charge in [-0.15, -0.1) is 0 Å². The van der Waals surface area contributed by atoms with Crippen LogP contribution >= 0.6 is 7.60 Å². The molecule has 0 atom stereocenters. The predicted molar refractivity (Wildman–Crippen MR) is 415 cm³/mol. The molecule has 13 aromatic rings. The number of ether oxygens (including phenoxy) is 6. The van der Waals surface area contributed by atoms with Gasteiger partial charge in [0, 0.05) is 177 Å². The van der Waals surface area contributed by atoms with E-state index in [9.17, 15) is 9.36 Å². The minimum atomic E-state index is -3.29. The molecule has 0 radical (unpaired) electrons. The van der Waals surface area contributed by atoms with Crippen molar-refractivity contribution in [3.05, 3.63) is 201 Å². The molecule has 0 aliphatic heterocycles. The van der Waals surface area contributed by atoms with Crippen molar-refractivity contribution in [3.63, 3.8) is 0 Å². The molecule has 0 fully saturated rings. The lowest BCUT2D eigenvalue weighted by Crippen LogP contribution is -2.22. The Morgan fingerprint density at radius 2 is 0.869 bits per heavy atom. The van der Waals surface area contributed by atoms with Gasteiger partial charge >= 0.3 is 13.6 Å². The Labute approximate surface area is 620 Å². The van der Waals surface area contributed by atoms with Crippen LogP contribution in [0, 0.1) is 0 Å². The van der Waals surface area contributed by atoms with Crippen LogP contribution in [0.3, 0.4) is 0 Å². The second-order valence-electron chi connectivity index (χ2n) is 24.6. The smallest absolute Gasteiger partial charge is 0.332 e. The van der Waals surface area contributed by atoms with Crippen LogP contribution in [-0.4, -0.2) is 145 Å². The Morgan fingerprint density at radius 1 is 0.458 bits per heavy atom. The van der Waals surface area contributed by atoms with E-state index >= 15 is 0 Å². The minimum absolute atomic E-state index is 0.138. The standard InChI is InChI=1S/C27H27N7O2.C26H32N5O5P.C26H28N4O4/c1-33-16-18(14-30-33)27-15-29-25-8-7-21(11-26(25)32-27)34(17-20-6-4-5-19(13-28)31-20)22-9-23(35-2)12-24(10-22)36-3;1-6-35-37(32,36-7-2)11-10-31(21-12-22(33-4)15-23(13-21)34-5)20-8-9-24-25(14-20)29-26(17-27-24)19-16-28-30(3)18-19;1-29-11-9-18(17-29)25-16-27-23-8-7-19(14-24(23)28-25)30(10-5-4-6-26(31)32)20-12-21(33-2)15-22(13-20)34-3/h4-12,14-16H,13,17,28H2,1-3H3;8-9,12-18H,6-7,10-11H2,1-5H3;7-9,11-17H,4-6,10H2,1-3H3,(H,31,32). The van der Waals surface area contributed by atoms with E-state index in [0.29, 0.717) is 86.7 Å². The number of hydrogen-bond donors (Lipinski definition) is 2. The van der Waals surface area contributed by atoms with Gasteiger partial charge in [0.25, 0.3) is 0 Å². The maximum absolute atomic E-state index is 13.3. The van der Waals surface area contributed by atoms with Crippen molar-refractivity contribution < 1.29 is 51.9 Å². The number of carboxylic acids is 1. The number of hydrogen-bond acceptors (Lipinski definition) is 23. The zero-order valence-corrected chi connectivity index (χ0v) is 62.6. The molecule has 7 aromatic heterocycles. The molecule has 27 nitrogen and oxygen atoms in total. The van der Waals surface area contributed by atoms with E-state index in [4.69, 9.17) is 68.2 Å². The summed E-state index contributed by atoms with van der Waals surface area (Å²) in [7, 11) is 12.1. The minimum Gasteiger partial charge on any atom is -0.497 e. The molecule has 13 rings (SSSR count). The van der Waals surface area contributed by atoms with Crippen molar-refractivity contribution in [2.45, 2.75) is 46.2 Å². The first-order valence-electron chi connectivity index (χ1n) is 34.6. The van der Waals surface area contributed by atoms with Crippen molar-refractivity contribution in [1.82, 2.24) is 59.0 Å². The molecule has 0 spiro atoms. The average Bonchev–Trinajstić information content (AvgIpc) is 1.62. The molecule has 0 unspecified atom stereocenters. The first-order chi connectivity index (χ1) is 51.9. The Kier molecular flexibility index (Phi) is 25.3. The van der Waals surface area contributed by atoms with Gasteiger partial charge in [0.2, 0.25) is 0 Å². The van der Waals surface area contributed by atoms with Crippen LogP contribution in [0.4, 0.5) is 34.1 Å². The summed E-state index contributed by atoms with van der Waals surface area (Å²) < 4.78 is 62.9. The number of carboxylic acid groups (broad SMARTS) is 1. The zero-order chi connectivity index (χ0) is 75.6. The fourth-order valence-electron chi connectivity index (χ4n) is 11.9. The van der Waals surface area contributed by atoms with Gasteiger partial charge in [-0.3, -0.25) is 38.7 Å². The number of carbonyl (C=O) groups is 1. The van der Waals surface area contributed by atoms with Gasteiger partial charge in [-0.1, -0.05) is 6.07 Å². The SMILES string of the molecule is CCOP(=O)(CCN(c1cc(OC)cc(OC)c1)c1ccc2ncc(-c3cnn(C)c3)nc2c1)OCC.COc1cc(OC)cc(N(CCCCC(=O)O)c2ccc3ncc(-c4ccn(C)c4)nc3c2)c1.COc1cc(OC)cc(N(Cc2cccc(CN)n2)c2ccc3ncc(-c4cnn(C)c4)nc3c2)c1. The van der Waals surface area contributed by atoms with Gasteiger partial charge in [-0.05, 0) is 99.5 Å². The third-order valence-corrected chi connectivity index (χ3v) is 19.3. The predicted octanol–water partition coefficient (Wildman–Crippen LogP) is 14.7. The summed E-state index contributed by atoms with van der Waals surface area (Å²) >= 11 is 0. The molecule has 3 N–H and O–H groups in total. The number of benzene rings is 6. The van der Waals surface area contributed by atoms with Gasteiger partial charge in [0.1, 0.15) is 34.5 Å². The highest BCUT2D eigenvalue weighted by Gasteiger charge is 2.27. The number of fused-ring (bicyclic) bond motifs is 3. The number of nitrogens with zero attached hydrogens (tertiary/aromatic N) is 15. The maximum Gasteiger partial charge on any atom is 0.332 e. The lowest BCUT2D eigenvalue weighted by atomic mass is 10.1. The number of aromatic nitrogens is 12. The second-order valence-corrected chi connectivity index (χ2v) is 26.8. The second kappa shape index (κ2) is 35.6. The van der Waals surface area contributed by atoms with Crippen molar-refractivity contribution in [2.24, 2.45) is 26.9 Å². The summed E-state index contributed by atoms with van der Waals surface area (Å²) in [6, 6.07) is 42.8. The summed E-state index contributed by atoms with van der Waals surface area (Å²) in [4.78, 5) is 50.4. The Morgan fingerprint density at radius 3 is 1.25 bits per heavy atom. The molecule has 107 heavy (non-hydrogen) atoms. The molecule has 28 heteroatoms.